The highest BCUT2D eigenvalue weighted by atomic mass is 16.3. The fraction of sp³-hybridized carbons (Fsp3) is 0.269. The van der Waals surface area contributed by atoms with Crippen LogP contribution in [0.1, 0.15) is 48.5 Å². The first-order chi connectivity index (χ1) is 15.9. The van der Waals surface area contributed by atoms with Gasteiger partial charge in [-0.05, 0) is 54.5 Å². The van der Waals surface area contributed by atoms with E-state index in [1.54, 1.807) is 18.2 Å². The summed E-state index contributed by atoms with van der Waals surface area (Å²) in [5.74, 6) is 1.31. The van der Waals surface area contributed by atoms with Crippen LogP contribution < -0.4 is 11.1 Å². The first kappa shape index (κ1) is 21.0. The van der Waals surface area contributed by atoms with E-state index in [4.69, 9.17) is 10.7 Å². The minimum atomic E-state index is -0.392. The monoisotopic (exact) mass is 441 g/mol. The molecule has 0 unspecified atom stereocenters. The van der Waals surface area contributed by atoms with Gasteiger partial charge in [-0.1, -0.05) is 32.0 Å². The number of phenolic OH excluding ortho intramolecular Hbond substituents is 1. The van der Waals surface area contributed by atoms with E-state index in [2.05, 4.69) is 30.2 Å². The van der Waals surface area contributed by atoms with Crippen molar-refractivity contribution in [2.45, 2.75) is 32.6 Å². The van der Waals surface area contributed by atoms with Gasteiger partial charge in [-0.15, -0.1) is 0 Å². The van der Waals surface area contributed by atoms with E-state index in [1.165, 1.54) is 0 Å². The van der Waals surface area contributed by atoms with E-state index in [9.17, 15) is 9.90 Å². The van der Waals surface area contributed by atoms with Gasteiger partial charge in [-0.25, -0.2) is 9.97 Å². The molecule has 4 N–H and O–H groups in total. The first-order valence-corrected chi connectivity index (χ1v) is 11.3. The molecule has 1 fully saturated rings. The van der Waals surface area contributed by atoms with Gasteiger partial charge in [0.15, 0.2) is 11.5 Å². The van der Waals surface area contributed by atoms with E-state index >= 15 is 0 Å². The average Bonchev–Trinajstić information content (AvgIpc) is 3.55. The Labute approximate surface area is 192 Å². The Bertz CT molecular complexity index is 1350. The smallest absolute Gasteiger partial charge is 0.248 e. The number of amides is 1. The Kier molecular flexibility index (Phi) is 5.24. The van der Waals surface area contributed by atoms with Crippen molar-refractivity contribution in [3.63, 3.8) is 0 Å². The van der Waals surface area contributed by atoms with E-state index in [0.717, 1.165) is 53.1 Å². The van der Waals surface area contributed by atoms with Crippen molar-refractivity contribution < 1.29 is 9.90 Å². The number of carbonyl (C=O) groups is 1. The predicted octanol–water partition coefficient (Wildman–Crippen LogP) is 4.81. The Balaban J connectivity index is 1.67. The molecule has 1 saturated carbocycles. The molecule has 0 aliphatic heterocycles. The number of hydrogen-bond donors (Lipinski definition) is 3. The number of benzene rings is 2. The molecule has 4 aromatic rings. The first-order valence-electron chi connectivity index (χ1n) is 11.3. The van der Waals surface area contributed by atoms with Gasteiger partial charge in [0.1, 0.15) is 5.75 Å². The van der Waals surface area contributed by atoms with Crippen molar-refractivity contribution in [3.8, 4) is 28.3 Å². The highest BCUT2D eigenvalue weighted by molar-refractivity contribution is 5.95. The molecule has 0 atom stereocenters. The molecule has 5 rings (SSSR count). The molecule has 33 heavy (non-hydrogen) atoms. The number of nitrogens with two attached hydrogens (primary N) is 1. The summed E-state index contributed by atoms with van der Waals surface area (Å²) in [5, 5.41) is 13.4. The number of aromatic hydroxyl groups is 1. The topological polar surface area (TPSA) is 106 Å². The van der Waals surface area contributed by atoms with Crippen molar-refractivity contribution in [3.05, 3.63) is 66.0 Å². The number of anilines is 1. The van der Waals surface area contributed by atoms with E-state index in [1.807, 2.05) is 35.0 Å². The van der Waals surface area contributed by atoms with Crippen LogP contribution in [0.3, 0.4) is 0 Å². The zero-order valence-electron chi connectivity index (χ0n) is 18.7. The predicted molar refractivity (Wildman–Crippen MR) is 129 cm³/mol. The fourth-order valence-corrected chi connectivity index (χ4v) is 4.10. The summed E-state index contributed by atoms with van der Waals surface area (Å²) < 4.78 is 2.02. The van der Waals surface area contributed by atoms with Crippen molar-refractivity contribution in [1.29, 1.82) is 0 Å². The minimum Gasteiger partial charge on any atom is -0.508 e. The lowest BCUT2D eigenvalue weighted by Crippen LogP contribution is -2.13. The van der Waals surface area contributed by atoms with Crippen LogP contribution in [-0.4, -0.2) is 31.9 Å². The highest BCUT2D eigenvalue weighted by Crippen LogP contribution is 2.43. The lowest BCUT2D eigenvalue weighted by molar-refractivity contribution is 0.0999. The second kappa shape index (κ2) is 8.24. The lowest BCUT2D eigenvalue weighted by atomic mass is 9.98. The van der Waals surface area contributed by atoms with Crippen LogP contribution in [0.4, 0.5) is 5.82 Å². The number of rotatable bonds is 7. The Morgan fingerprint density at radius 1 is 1.21 bits per heavy atom. The Hall–Kier alpha value is -3.87. The second-order valence-corrected chi connectivity index (χ2v) is 9.08. The molecule has 7 heteroatoms. The summed E-state index contributed by atoms with van der Waals surface area (Å²) in [6.45, 7) is 5.04. The molecule has 1 aliphatic rings. The van der Waals surface area contributed by atoms with Crippen molar-refractivity contribution in [1.82, 2.24) is 14.4 Å². The molecule has 1 aliphatic carbocycles. The Morgan fingerprint density at radius 2 is 2.03 bits per heavy atom. The van der Waals surface area contributed by atoms with Gasteiger partial charge in [0.05, 0.1) is 17.6 Å². The summed E-state index contributed by atoms with van der Waals surface area (Å²) in [4.78, 5) is 21.4. The molecule has 0 spiro atoms. The van der Waals surface area contributed by atoms with Gasteiger partial charge >= 0.3 is 0 Å². The third kappa shape index (κ3) is 4.14. The molecule has 2 aromatic heterocycles. The summed E-state index contributed by atoms with van der Waals surface area (Å²) in [6, 6.07) is 12.9. The average molecular weight is 442 g/mol. The van der Waals surface area contributed by atoms with Gasteiger partial charge in [0.2, 0.25) is 5.91 Å². The van der Waals surface area contributed by atoms with Crippen molar-refractivity contribution in [2.75, 3.05) is 11.9 Å². The van der Waals surface area contributed by atoms with Crippen LogP contribution in [-0.2, 0) is 0 Å². The lowest BCUT2D eigenvalue weighted by Gasteiger charge is -2.13. The Morgan fingerprint density at radius 3 is 2.73 bits per heavy atom. The maximum absolute atomic E-state index is 11.9. The van der Waals surface area contributed by atoms with Crippen LogP contribution in [0.15, 0.2) is 54.9 Å². The molecule has 168 valence electrons. The quantitative estimate of drug-likeness (QED) is 0.382. The maximum Gasteiger partial charge on any atom is 0.248 e. The third-order valence-electron chi connectivity index (χ3n) is 5.94. The molecule has 2 aromatic carbocycles. The van der Waals surface area contributed by atoms with Crippen LogP contribution in [0, 0.1) is 5.92 Å². The number of fused-ring (bicyclic) bond motifs is 1. The van der Waals surface area contributed by atoms with Crippen LogP contribution in [0.2, 0.25) is 0 Å². The largest absolute Gasteiger partial charge is 0.508 e. The SMILES string of the molecule is CC(C)CNc1nc(-c2cccc(O)c2)cn2c(-c3ccc(C(N)=O)c(C4CC4)c3)cnc12. The molecule has 0 radical (unpaired) electrons. The van der Waals surface area contributed by atoms with E-state index in [-0.39, 0.29) is 5.75 Å². The molecule has 2 heterocycles. The summed E-state index contributed by atoms with van der Waals surface area (Å²) >= 11 is 0. The fourth-order valence-electron chi connectivity index (χ4n) is 4.10. The highest BCUT2D eigenvalue weighted by Gasteiger charge is 2.28. The van der Waals surface area contributed by atoms with Gasteiger partial charge in [-0.3, -0.25) is 9.20 Å². The van der Waals surface area contributed by atoms with Crippen molar-refractivity contribution in [2.24, 2.45) is 11.7 Å². The summed E-state index contributed by atoms with van der Waals surface area (Å²) in [6.07, 6.45) is 5.92. The zero-order chi connectivity index (χ0) is 23.1. The molecule has 0 saturated heterocycles. The zero-order valence-corrected chi connectivity index (χ0v) is 18.7. The van der Waals surface area contributed by atoms with Crippen molar-refractivity contribution >= 4 is 17.4 Å². The molecular weight excluding hydrogens is 414 g/mol. The maximum atomic E-state index is 11.9. The molecule has 1 amide bonds. The van der Waals surface area contributed by atoms with Gasteiger partial charge in [0, 0.05) is 29.4 Å². The second-order valence-electron chi connectivity index (χ2n) is 9.08. The third-order valence-corrected chi connectivity index (χ3v) is 5.94. The number of carbonyl (C=O) groups excluding carboxylic acids is 1. The molecular formula is C26H27N5O2. The minimum absolute atomic E-state index is 0.188. The number of nitrogens with one attached hydrogen (secondary N) is 1. The van der Waals surface area contributed by atoms with E-state index in [0.29, 0.717) is 23.2 Å². The van der Waals surface area contributed by atoms with Crippen LogP contribution in [0.25, 0.3) is 28.2 Å². The standard InChI is InChI=1S/C26H27N5O2/c1-15(2)12-28-25-26-29-13-23(18-8-9-20(24(27)33)21(11-18)16-6-7-16)31(26)14-22(30-25)17-4-3-5-19(32)10-17/h3-5,8-11,13-16,32H,6-7,12H2,1-2H3,(H2,27,33)(H,28,30). The number of primary amides is 1. The van der Waals surface area contributed by atoms with E-state index < -0.39 is 5.91 Å². The molecule has 7 nitrogen and oxygen atoms in total. The van der Waals surface area contributed by atoms with Crippen LogP contribution >= 0.6 is 0 Å². The van der Waals surface area contributed by atoms with Gasteiger partial charge in [0.25, 0.3) is 0 Å². The molecule has 0 bridgehead atoms. The number of phenols is 1. The summed E-state index contributed by atoms with van der Waals surface area (Å²) in [5.41, 5.74) is 11.4. The van der Waals surface area contributed by atoms with Crippen LogP contribution in [0.5, 0.6) is 5.75 Å². The number of nitrogens with zero attached hydrogens (tertiary/aromatic N) is 3. The van der Waals surface area contributed by atoms with Gasteiger partial charge < -0.3 is 16.2 Å². The normalized spacial score (nSPS) is 13.5. The summed E-state index contributed by atoms with van der Waals surface area (Å²) in [7, 11) is 0. The number of imidazole rings is 1. The number of hydrogen-bond acceptors (Lipinski definition) is 5. The van der Waals surface area contributed by atoms with Gasteiger partial charge in [-0.2, -0.15) is 0 Å². The number of aromatic nitrogens is 3.